The Labute approximate surface area is 189 Å². The molecule has 164 valence electrons. The fraction of sp³-hybridized carbons (Fsp3) is 0.391. The first-order valence-corrected chi connectivity index (χ1v) is 11.4. The van der Waals surface area contributed by atoms with Crippen LogP contribution in [0.5, 0.6) is 0 Å². The number of nitrogens with zero attached hydrogens (tertiary/aromatic N) is 6. The monoisotopic (exact) mass is 450 g/mol. The number of benzene rings is 1. The molecule has 0 unspecified atom stereocenters. The lowest BCUT2D eigenvalue weighted by Gasteiger charge is -2.43. The number of aromatic nitrogens is 4. The number of furan rings is 1. The molecule has 1 aromatic carbocycles. The Hall–Kier alpha value is -3.13. The third kappa shape index (κ3) is 3.04. The normalized spacial score (nSPS) is 19.6. The average molecular weight is 451 g/mol. The number of hydrogen-bond acceptors (Lipinski definition) is 6. The Morgan fingerprint density at radius 3 is 2.78 bits per heavy atom. The van der Waals surface area contributed by atoms with E-state index in [0.29, 0.717) is 47.8 Å². The Balaban J connectivity index is 1.44. The van der Waals surface area contributed by atoms with Crippen LogP contribution in [0.25, 0.3) is 28.1 Å². The summed E-state index contributed by atoms with van der Waals surface area (Å²) in [5.74, 6) is 2.46. The molecule has 2 aliphatic rings. The average Bonchev–Trinajstić information content (AvgIpc) is 3.41. The van der Waals surface area contributed by atoms with Crippen LogP contribution in [0.3, 0.4) is 0 Å². The van der Waals surface area contributed by atoms with E-state index >= 15 is 0 Å². The second kappa shape index (κ2) is 7.48. The zero-order valence-corrected chi connectivity index (χ0v) is 18.5. The van der Waals surface area contributed by atoms with Gasteiger partial charge < -0.3 is 14.2 Å². The molecule has 1 saturated heterocycles. The van der Waals surface area contributed by atoms with Crippen LogP contribution < -0.4 is 4.90 Å². The maximum atomic E-state index is 12.9. The molecular formula is C23H23ClN6O2. The predicted octanol–water partition coefficient (Wildman–Crippen LogP) is 4.03. The summed E-state index contributed by atoms with van der Waals surface area (Å²) in [6, 6.07) is 9.39. The Morgan fingerprint density at radius 1 is 1.19 bits per heavy atom. The number of anilines is 1. The van der Waals surface area contributed by atoms with Gasteiger partial charge >= 0.3 is 0 Å². The van der Waals surface area contributed by atoms with Crippen molar-refractivity contribution in [3.05, 3.63) is 41.6 Å². The molecule has 1 aliphatic carbocycles. The largest absolute Gasteiger partial charge is 0.461 e. The lowest BCUT2D eigenvalue weighted by Crippen LogP contribution is -2.56. The van der Waals surface area contributed by atoms with Gasteiger partial charge in [-0.3, -0.25) is 4.79 Å². The van der Waals surface area contributed by atoms with Gasteiger partial charge in [-0.15, -0.1) is 10.2 Å². The van der Waals surface area contributed by atoms with Crippen LogP contribution in [0, 0.1) is 5.92 Å². The summed E-state index contributed by atoms with van der Waals surface area (Å²) in [7, 11) is 0. The number of fused-ring (bicyclic) bond motifs is 3. The third-order valence-electron chi connectivity index (χ3n) is 6.67. The number of carbonyl (C=O) groups excluding carboxylic acids is 1. The van der Waals surface area contributed by atoms with Crippen LogP contribution in [0.15, 0.2) is 41.0 Å². The molecule has 32 heavy (non-hydrogen) atoms. The zero-order chi connectivity index (χ0) is 21.8. The van der Waals surface area contributed by atoms with E-state index in [-0.39, 0.29) is 12.0 Å². The molecular weight excluding hydrogens is 428 g/mol. The summed E-state index contributed by atoms with van der Waals surface area (Å²) < 4.78 is 7.58. The molecule has 1 amide bonds. The highest BCUT2D eigenvalue weighted by molar-refractivity contribution is 6.31. The van der Waals surface area contributed by atoms with Crippen molar-refractivity contribution in [2.24, 2.45) is 5.92 Å². The predicted molar refractivity (Wildman–Crippen MR) is 122 cm³/mol. The lowest BCUT2D eigenvalue weighted by molar-refractivity contribution is -0.140. The number of rotatable bonds is 3. The molecule has 0 spiro atoms. The molecule has 1 atom stereocenters. The SMILES string of the molecule is C[C@@H]1CN(c2nc3cc(Cl)ccc3c3nnc(-c4ccco4)n23)CCN1C(=O)C1CCC1. The van der Waals surface area contributed by atoms with Crippen LogP contribution in [0.4, 0.5) is 5.95 Å². The summed E-state index contributed by atoms with van der Waals surface area (Å²) in [4.78, 5) is 22.1. The summed E-state index contributed by atoms with van der Waals surface area (Å²) in [6.45, 7) is 4.15. The fourth-order valence-electron chi connectivity index (χ4n) is 4.73. The number of piperazine rings is 1. The molecule has 8 nitrogen and oxygen atoms in total. The maximum Gasteiger partial charge on any atom is 0.226 e. The van der Waals surface area contributed by atoms with Crippen molar-refractivity contribution in [2.75, 3.05) is 24.5 Å². The molecule has 9 heteroatoms. The molecule has 1 aliphatic heterocycles. The van der Waals surface area contributed by atoms with E-state index in [2.05, 4.69) is 22.0 Å². The third-order valence-corrected chi connectivity index (χ3v) is 6.91. The molecule has 3 aromatic heterocycles. The molecule has 4 aromatic rings. The van der Waals surface area contributed by atoms with Crippen LogP contribution in [0.2, 0.25) is 5.02 Å². The topological polar surface area (TPSA) is 79.8 Å². The lowest BCUT2D eigenvalue weighted by atomic mass is 9.84. The Kier molecular flexibility index (Phi) is 4.57. The summed E-state index contributed by atoms with van der Waals surface area (Å²) in [5, 5.41) is 10.4. The molecule has 0 bridgehead atoms. The van der Waals surface area contributed by atoms with Crippen molar-refractivity contribution in [3.8, 4) is 11.6 Å². The van der Waals surface area contributed by atoms with Gasteiger partial charge in [-0.1, -0.05) is 18.0 Å². The minimum Gasteiger partial charge on any atom is -0.461 e. The zero-order valence-electron chi connectivity index (χ0n) is 17.7. The number of hydrogen-bond donors (Lipinski definition) is 0. The van der Waals surface area contributed by atoms with E-state index in [1.807, 2.05) is 39.6 Å². The first kappa shape index (κ1) is 19.5. The summed E-state index contributed by atoms with van der Waals surface area (Å²) >= 11 is 6.26. The van der Waals surface area contributed by atoms with Gasteiger partial charge in [0.1, 0.15) is 0 Å². The van der Waals surface area contributed by atoms with Crippen molar-refractivity contribution < 1.29 is 9.21 Å². The Bertz CT molecular complexity index is 1310. The van der Waals surface area contributed by atoms with E-state index in [1.165, 1.54) is 0 Å². The molecule has 0 N–H and O–H groups in total. The van der Waals surface area contributed by atoms with E-state index in [9.17, 15) is 4.79 Å². The van der Waals surface area contributed by atoms with Crippen LogP contribution in [0.1, 0.15) is 26.2 Å². The van der Waals surface area contributed by atoms with Gasteiger partial charge in [-0.25, -0.2) is 9.38 Å². The van der Waals surface area contributed by atoms with E-state index in [0.717, 1.165) is 36.1 Å². The fourth-order valence-corrected chi connectivity index (χ4v) is 4.89. The highest BCUT2D eigenvalue weighted by atomic mass is 35.5. The van der Waals surface area contributed by atoms with Crippen molar-refractivity contribution in [3.63, 3.8) is 0 Å². The molecule has 6 rings (SSSR count). The molecule has 1 saturated carbocycles. The van der Waals surface area contributed by atoms with Gasteiger partial charge in [0.2, 0.25) is 17.7 Å². The second-order valence-electron chi connectivity index (χ2n) is 8.69. The van der Waals surface area contributed by atoms with Gasteiger partial charge in [0.25, 0.3) is 0 Å². The van der Waals surface area contributed by atoms with E-state index < -0.39 is 0 Å². The smallest absolute Gasteiger partial charge is 0.226 e. The van der Waals surface area contributed by atoms with Gasteiger partial charge in [0, 0.05) is 42.0 Å². The van der Waals surface area contributed by atoms with E-state index in [1.54, 1.807) is 6.26 Å². The number of amides is 1. The maximum absolute atomic E-state index is 12.9. The highest BCUT2D eigenvalue weighted by Crippen LogP contribution is 2.32. The van der Waals surface area contributed by atoms with Gasteiger partial charge in [0.05, 0.1) is 11.8 Å². The first-order valence-electron chi connectivity index (χ1n) is 11.0. The molecule has 4 heterocycles. The highest BCUT2D eigenvalue weighted by Gasteiger charge is 2.35. The minimum atomic E-state index is 0.0901. The van der Waals surface area contributed by atoms with Gasteiger partial charge in [0.15, 0.2) is 11.4 Å². The Morgan fingerprint density at radius 2 is 2.06 bits per heavy atom. The summed E-state index contributed by atoms with van der Waals surface area (Å²) in [6.07, 6.45) is 4.83. The van der Waals surface area contributed by atoms with Gasteiger partial charge in [-0.2, -0.15) is 0 Å². The van der Waals surface area contributed by atoms with Crippen LogP contribution in [-0.2, 0) is 4.79 Å². The van der Waals surface area contributed by atoms with Crippen LogP contribution >= 0.6 is 11.6 Å². The summed E-state index contributed by atoms with van der Waals surface area (Å²) in [5.41, 5.74) is 1.47. The minimum absolute atomic E-state index is 0.0901. The van der Waals surface area contributed by atoms with Crippen molar-refractivity contribution in [2.45, 2.75) is 32.2 Å². The van der Waals surface area contributed by atoms with Gasteiger partial charge in [-0.05, 0) is 50.1 Å². The standard InChI is InChI=1S/C23H23ClN6O2/c1-14-13-28(9-10-29(14)22(31)15-4-2-5-15)23-25-18-12-16(24)7-8-17(18)20-26-27-21(30(20)23)19-6-3-11-32-19/h3,6-8,11-12,14-15H,2,4-5,9-10,13H2,1H3/t14-/m1/s1. The van der Waals surface area contributed by atoms with E-state index in [4.69, 9.17) is 21.0 Å². The van der Waals surface area contributed by atoms with Crippen molar-refractivity contribution in [1.29, 1.82) is 0 Å². The first-order chi connectivity index (χ1) is 15.6. The quantitative estimate of drug-likeness (QED) is 0.469. The number of carbonyl (C=O) groups is 1. The molecule has 0 radical (unpaired) electrons. The van der Waals surface area contributed by atoms with Crippen LogP contribution in [-0.4, -0.2) is 56.1 Å². The second-order valence-corrected chi connectivity index (χ2v) is 9.12. The number of halogens is 1. The van der Waals surface area contributed by atoms with Crippen molar-refractivity contribution in [1.82, 2.24) is 24.5 Å². The molecule has 2 fully saturated rings. The van der Waals surface area contributed by atoms with Crippen molar-refractivity contribution >= 4 is 40.0 Å².